The summed E-state index contributed by atoms with van der Waals surface area (Å²) >= 11 is 6.53. The van der Waals surface area contributed by atoms with Gasteiger partial charge in [0.25, 0.3) is 0 Å². The summed E-state index contributed by atoms with van der Waals surface area (Å²) in [6, 6.07) is 13.4. The Labute approximate surface area is 172 Å². The molecule has 0 N–H and O–H groups in total. The van der Waals surface area contributed by atoms with Gasteiger partial charge in [0, 0.05) is 21.7 Å². The quantitative estimate of drug-likeness (QED) is 0.443. The number of hydrogen-bond donors (Lipinski definition) is 0. The molecule has 0 saturated heterocycles. The summed E-state index contributed by atoms with van der Waals surface area (Å²) in [7, 11) is 0. The lowest BCUT2D eigenvalue weighted by atomic mass is 9.98. The second kappa shape index (κ2) is 6.77. The molecule has 0 radical (unpaired) electrons. The largest absolute Gasteiger partial charge is 0.442 e. The molecule has 0 bridgehead atoms. The average molecular weight is 399 g/mol. The Hall–Kier alpha value is -3.62. The van der Waals surface area contributed by atoms with Gasteiger partial charge < -0.3 is 4.42 Å². The molecule has 0 amide bonds. The number of benzene rings is 2. The van der Waals surface area contributed by atoms with Gasteiger partial charge in [-0.15, -0.1) is 6.42 Å². The first-order chi connectivity index (χ1) is 14.2. The van der Waals surface area contributed by atoms with Crippen LogP contribution < -0.4 is 0 Å². The van der Waals surface area contributed by atoms with Crippen molar-refractivity contribution in [3.63, 3.8) is 0 Å². The molecule has 1 aliphatic heterocycles. The van der Waals surface area contributed by atoms with E-state index in [1.54, 1.807) is 12.5 Å². The second-order valence-corrected chi connectivity index (χ2v) is 7.13. The molecule has 2 aromatic carbocycles. The molecule has 0 spiro atoms. The van der Waals surface area contributed by atoms with Crippen LogP contribution in [0.5, 0.6) is 0 Å². The zero-order valence-electron chi connectivity index (χ0n) is 15.5. The van der Waals surface area contributed by atoms with E-state index < -0.39 is 0 Å². The molecule has 1 aliphatic rings. The van der Waals surface area contributed by atoms with E-state index in [1.807, 2.05) is 54.0 Å². The number of nitrogens with zero attached hydrogens (tertiary/aromatic N) is 4. The molecule has 0 fully saturated rings. The zero-order chi connectivity index (χ0) is 20.0. The minimum Gasteiger partial charge on any atom is -0.442 e. The Morgan fingerprint density at radius 2 is 2.03 bits per heavy atom. The summed E-state index contributed by atoms with van der Waals surface area (Å²) in [5, 5.41) is 0.635. The van der Waals surface area contributed by atoms with E-state index in [4.69, 9.17) is 27.4 Å². The molecular weight excluding hydrogens is 384 g/mol. The molecule has 2 aromatic heterocycles. The fraction of sp³-hybridized carbons (Fsp3) is 0.0870. The van der Waals surface area contributed by atoms with Gasteiger partial charge in [-0.25, -0.2) is 9.97 Å². The fourth-order valence-electron chi connectivity index (χ4n) is 3.69. The third kappa shape index (κ3) is 2.77. The highest BCUT2D eigenvalue weighted by Gasteiger charge is 2.28. The summed E-state index contributed by atoms with van der Waals surface area (Å²) in [6.07, 6.45) is 10.5. The highest BCUT2D eigenvalue weighted by molar-refractivity contribution is 6.35. The molecule has 0 aliphatic carbocycles. The number of terminal acetylenes is 1. The first-order valence-electron chi connectivity index (χ1n) is 9.07. The van der Waals surface area contributed by atoms with Gasteiger partial charge in [-0.3, -0.25) is 9.56 Å². The molecular formula is C23H15ClN4O. The molecule has 6 heteroatoms. The average Bonchev–Trinajstić information content (AvgIpc) is 3.39. The van der Waals surface area contributed by atoms with E-state index in [2.05, 4.69) is 15.9 Å². The minimum absolute atomic E-state index is 0.203. The first kappa shape index (κ1) is 17.5. The van der Waals surface area contributed by atoms with Crippen molar-refractivity contribution in [1.82, 2.24) is 14.5 Å². The van der Waals surface area contributed by atoms with Gasteiger partial charge in [-0.2, -0.15) is 0 Å². The number of aromatic nitrogens is 3. The van der Waals surface area contributed by atoms with Crippen LogP contribution in [0.4, 0.5) is 0 Å². The van der Waals surface area contributed by atoms with E-state index in [1.165, 1.54) is 6.39 Å². The second-order valence-electron chi connectivity index (χ2n) is 6.72. The van der Waals surface area contributed by atoms with Gasteiger partial charge in [-0.1, -0.05) is 35.7 Å². The van der Waals surface area contributed by atoms with E-state index in [0.29, 0.717) is 16.5 Å². The maximum atomic E-state index is 6.53. The number of halogens is 1. The number of hydrogen-bond acceptors (Lipinski definition) is 4. The predicted octanol–water partition coefficient (Wildman–Crippen LogP) is 5.07. The smallest absolute Gasteiger partial charge is 0.181 e. The molecule has 5 nitrogen and oxygen atoms in total. The van der Waals surface area contributed by atoms with Gasteiger partial charge >= 0.3 is 0 Å². The Kier molecular flexibility index (Phi) is 4.08. The van der Waals surface area contributed by atoms with Gasteiger partial charge in [0.1, 0.15) is 12.0 Å². The SMILES string of the molecule is C#Cc1ccc2c(c1)C(c1ccccc1Cl)=N[C@H](C)c1c(-c3cnco3)ncn1-2. The normalized spacial score (nSPS) is 15.1. The summed E-state index contributed by atoms with van der Waals surface area (Å²) in [5.41, 5.74) is 5.89. The number of fused-ring (bicyclic) bond motifs is 3. The molecule has 0 unspecified atom stereocenters. The predicted molar refractivity (Wildman–Crippen MR) is 113 cm³/mol. The molecule has 1 atom stereocenters. The third-order valence-corrected chi connectivity index (χ3v) is 5.33. The number of imidazole rings is 1. The van der Waals surface area contributed by atoms with Crippen LogP contribution in [0.1, 0.15) is 35.3 Å². The number of rotatable bonds is 2. The van der Waals surface area contributed by atoms with Crippen molar-refractivity contribution in [2.45, 2.75) is 13.0 Å². The van der Waals surface area contributed by atoms with Crippen molar-refractivity contribution in [3.05, 3.63) is 88.8 Å². The van der Waals surface area contributed by atoms with Crippen LogP contribution in [0.2, 0.25) is 5.02 Å². The van der Waals surface area contributed by atoms with Crippen LogP contribution in [0.15, 0.2) is 70.8 Å². The van der Waals surface area contributed by atoms with Crippen molar-refractivity contribution in [3.8, 4) is 29.5 Å². The van der Waals surface area contributed by atoms with Crippen LogP contribution in [-0.2, 0) is 0 Å². The first-order valence-corrected chi connectivity index (χ1v) is 9.45. The van der Waals surface area contributed by atoms with Crippen LogP contribution >= 0.6 is 11.6 Å². The van der Waals surface area contributed by atoms with E-state index in [0.717, 1.165) is 33.8 Å². The Balaban J connectivity index is 1.83. The third-order valence-electron chi connectivity index (χ3n) is 5.00. The van der Waals surface area contributed by atoms with Crippen LogP contribution in [0.25, 0.3) is 17.1 Å². The summed E-state index contributed by atoms with van der Waals surface area (Å²) in [6.45, 7) is 2.03. The van der Waals surface area contributed by atoms with E-state index in [9.17, 15) is 0 Å². The summed E-state index contributed by atoms with van der Waals surface area (Å²) < 4.78 is 7.54. The highest BCUT2D eigenvalue weighted by Crippen LogP contribution is 2.37. The molecule has 3 heterocycles. The van der Waals surface area contributed by atoms with Crippen molar-refractivity contribution in [1.29, 1.82) is 0 Å². The molecule has 5 rings (SSSR count). The van der Waals surface area contributed by atoms with Crippen LogP contribution in [0.3, 0.4) is 0 Å². The van der Waals surface area contributed by atoms with Gasteiger partial charge in [0.15, 0.2) is 12.2 Å². The fourth-order valence-corrected chi connectivity index (χ4v) is 3.91. The standard InChI is InChI=1S/C23H15ClN4O/c1-3-15-8-9-19-17(10-15)21(16-6-4-5-7-18(16)24)27-14(2)23-22(26-12-28(19)23)20-11-25-13-29-20/h1,4-14H,2H3/t14-/m1/s1. The van der Waals surface area contributed by atoms with Gasteiger partial charge in [0.2, 0.25) is 0 Å². The topological polar surface area (TPSA) is 56.2 Å². The van der Waals surface area contributed by atoms with E-state index >= 15 is 0 Å². The Morgan fingerprint density at radius 1 is 1.17 bits per heavy atom. The Bertz CT molecular complexity index is 1290. The highest BCUT2D eigenvalue weighted by atomic mass is 35.5. The molecule has 140 valence electrons. The molecule has 0 saturated carbocycles. The van der Waals surface area contributed by atoms with Gasteiger partial charge in [-0.05, 0) is 31.2 Å². The number of oxazole rings is 1. The minimum atomic E-state index is -0.203. The van der Waals surface area contributed by atoms with Crippen molar-refractivity contribution in [2.75, 3.05) is 0 Å². The number of aliphatic imine (C=N–C) groups is 1. The lowest BCUT2D eigenvalue weighted by Crippen LogP contribution is -2.08. The Morgan fingerprint density at radius 3 is 2.79 bits per heavy atom. The van der Waals surface area contributed by atoms with Crippen molar-refractivity contribution >= 4 is 17.3 Å². The monoisotopic (exact) mass is 398 g/mol. The van der Waals surface area contributed by atoms with E-state index in [-0.39, 0.29) is 6.04 Å². The maximum absolute atomic E-state index is 6.53. The summed E-state index contributed by atoms with van der Waals surface area (Å²) in [4.78, 5) is 13.7. The lowest BCUT2D eigenvalue weighted by molar-refractivity contribution is 0.568. The summed E-state index contributed by atoms with van der Waals surface area (Å²) in [5.74, 6) is 3.31. The van der Waals surface area contributed by atoms with Gasteiger partial charge in [0.05, 0.1) is 29.3 Å². The van der Waals surface area contributed by atoms with Crippen molar-refractivity contribution in [2.24, 2.45) is 4.99 Å². The van der Waals surface area contributed by atoms with Crippen LogP contribution in [-0.4, -0.2) is 20.2 Å². The lowest BCUT2D eigenvalue weighted by Gasteiger charge is -2.13. The maximum Gasteiger partial charge on any atom is 0.181 e. The molecule has 4 aromatic rings. The van der Waals surface area contributed by atoms with Crippen molar-refractivity contribution < 1.29 is 4.42 Å². The zero-order valence-corrected chi connectivity index (χ0v) is 16.3. The molecule has 29 heavy (non-hydrogen) atoms. The van der Waals surface area contributed by atoms with Crippen LogP contribution in [0, 0.1) is 12.3 Å².